The standard InChI is InChI=1S/C26H25FN4O3S/c1-17-12-19(31-35(2,32)21-6-4-3-5-7-21)14-23-25(17)26(29-16-28-23)30-22-9-8-18(27)13-24(22)34-20-10-11-33-15-20/h3-9,12-14,16,20H,10-11,15H2,1-2H3,(H,28,29,30)/t20-,35-/m0/s1. The monoisotopic (exact) mass is 492 g/mol. The molecule has 1 N–H and O–H groups in total. The average Bonchev–Trinajstić information content (AvgIpc) is 3.34. The molecule has 1 aliphatic heterocycles. The molecule has 2 heterocycles. The summed E-state index contributed by atoms with van der Waals surface area (Å²) in [6.45, 7) is 3.02. The molecule has 0 saturated carbocycles. The minimum Gasteiger partial charge on any atom is -0.486 e. The number of hydrogen-bond donors (Lipinski definition) is 1. The lowest BCUT2D eigenvalue weighted by molar-refractivity contribution is 0.141. The van der Waals surface area contributed by atoms with E-state index in [-0.39, 0.29) is 11.9 Å². The lowest BCUT2D eigenvalue weighted by Crippen LogP contribution is -2.16. The van der Waals surface area contributed by atoms with Crippen LogP contribution < -0.4 is 10.1 Å². The normalized spacial score (nSPS) is 17.2. The number of nitrogens with one attached hydrogen (secondary N) is 1. The molecule has 1 fully saturated rings. The first-order valence-corrected chi connectivity index (χ1v) is 13.1. The minimum atomic E-state index is -2.63. The van der Waals surface area contributed by atoms with Crippen LogP contribution >= 0.6 is 0 Å². The quantitative estimate of drug-likeness (QED) is 0.367. The second kappa shape index (κ2) is 9.59. The van der Waals surface area contributed by atoms with Crippen LogP contribution in [0.1, 0.15) is 12.0 Å². The van der Waals surface area contributed by atoms with E-state index >= 15 is 0 Å². The minimum absolute atomic E-state index is 0.126. The Bertz CT molecular complexity index is 1500. The highest BCUT2D eigenvalue weighted by molar-refractivity contribution is 7.93. The van der Waals surface area contributed by atoms with E-state index in [1.165, 1.54) is 18.5 Å². The van der Waals surface area contributed by atoms with Crippen LogP contribution in [-0.4, -0.2) is 39.8 Å². The predicted octanol–water partition coefficient (Wildman–Crippen LogP) is 5.78. The molecule has 0 bridgehead atoms. The van der Waals surface area contributed by atoms with Gasteiger partial charge in [-0.15, -0.1) is 0 Å². The van der Waals surface area contributed by atoms with Crippen molar-refractivity contribution in [1.29, 1.82) is 0 Å². The van der Waals surface area contributed by atoms with Gasteiger partial charge in [0.15, 0.2) is 0 Å². The zero-order valence-corrected chi connectivity index (χ0v) is 20.2. The number of halogens is 1. The molecule has 1 saturated heterocycles. The highest BCUT2D eigenvalue weighted by Gasteiger charge is 2.20. The molecule has 9 heteroatoms. The van der Waals surface area contributed by atoms with E-state index in [4.69, 9.17) is 9.47 Å². The van der Waals surface area contributed by atoms with Gasteiger partial charge in [-0.1, -0.05) is 18.2 Å². The van der Waals surface area contributed by atoms with E-state index in [0.29, 0.717) is 46.6 Å². The molecular formula is C26H25FN4O3S. The van der Waals surface area contributed by atoms with Crippen molar-refractivity contribution in [3.05, 3.63) is 78.4 Å². The lowest BCUT2D eigenvalue weighted by Gasteiger charge is -2.17. The molecule has 0 spiro atoms. The van der Waals surface area contributed by atoms with Crippen molar-refractivity contribution in [1.82, 2.24) is 9.97 Å². The number of anilines is 2. The van der Waals surface area contributed by atoms with E-state index in [0.717, 1.165) is 17.4 Å². The van der Waals surface area contributed by atoms with E-state index in [1.54, 1.807) is 18.4 Å². The molecule has 0 radical (unpaired) electrons. The fourth-order valence-electron chi connectivity index (χ4n) is 4.06. The average molecular weight is 493 g/mol. The number of benzene rings is 3. The molecule has 2 atom stereocenters. The lowest BCUT2D eigenvalue weighted by atomic mass is 10.1. The Morgan fingerprint density at radius 3 is 2.74 bits per heavy atom. The summed E-state index contributed by atoms with van der Waals surface area (Å²) in [4.78, 5) is 9.51. The Hall–Kier alpha value is -3.56. The van der Waals surface area contributed by atoms with Gasteiger partial charge in [0, 0.05) is 29.0 Å². The van der Waals surface area contributed by atoms with Crippen molar-refractivity contribution in [2.75, 3.05) is 24.8 Å². The van der Waals surface area contributed by atoms with Gasteiger partial charge in [-0.05, 0) is 48.9 Å². The van der Waals surface area contributed by atoms with Gasteiger partial charge in [0.25, 0.3) is 0 Å². The third-order valence-electron chi connectivity index (χ3n) is 5.76. The molecule has 7 nitrogen and oxygen atoms in total. The zero-order chi connectivity index (χ0) is 24.4. The van der Waals surface area contributed by atoms with Gasteiger partial charge < -0.3 is 14.8 Å². The zero-order valence-electron chi connectivity index (χ0n) is 19.4. The number of fused-ring (bicyclic) bond motifs is 1. The van der Waals surface area contributed by atoms with Crippen LogP contribution in [0.25, 0.3) is 10.9 Å². The van der Waals surface area contributed by atoms with Gasteiger partial charge in [0.1, 0.15) is 29.8 Å². The van der Waals surface area contributed by atoms with Crippen LogP contribution in [0, 0.1) is 12.7 Å². The van der Waals surface area contributed by atoms with Gasteiger partial charge in [-0.3, -0.25) is 0 Å². The van der Waals surface area contributed by atoms with Crippen molar-refractivity contribution >= 4 is 37.8 Å². The fourth-order valence-corrected chi connectivity index (χ4v) is 5.33. The predicted molar refractivity (Wildman–Crippen MR) is 135 cm³/mol. The second-order valence-corrected chi connectivity index (χ2v) is 10.7. The Kier molecular flexibility index (Phi) is 6.36. The summed E-state index contributed by atoms with van der Waals surface area (Å²) in [5, 5.41) is 4.07. The first-order valence-electron chi connectivity index (χ1n) is 11.2. The molecule has 5 rings (SSSR count). The van der Waals surface area contributed by atoms with Crippen LogP contribution in [0.2, 0.25) is 0 Å². The molecule has 1 aliphatic rings. The van der Waals surface area contributed by atoms with Crippen LogP contribution in [-0.2, 0) is 14.5 Å². The Morgan fingerprint density at radius 1 is 1.14 bits per heavy atom. The van der Waals surface area contributed by atoms with Crippen molar-refractivity contribution < 1.29 is 18.1 Å². The van der Waals surface area contributed by atoms with Crippen molar-refractivity contribution in [3.8, 4) is 5.75 Å². The van der Waals surface area contributed by atoms with E-state index < -0.39 is 9.73 Å². The SMILES string of the molecule is Cc1cc(N=[S@@](C)(=O)c2ccccc2)cc2ncnc(Nc3ccc(F)cc3O[C@H]3CCOC3)c12. The van der Waals surface area contributed by atoms with Crippen LogP contribution in [0.4, 0.5) is 21.6 Å². The fraction of sp³-hybridized carbons (Fsp3) is 0.231. The number of aromatic nitrogens is 2. The molecule has 1 aromatic heterocycles. The Morgan fingerprint density at radius 2 is 1.97 bits per heavy atom. The van der Waals surface area contributed by atoms with Gasteiger partial charge >= 0.3 is 0 Å². The van der Waals surface area contributed by atoms with Gasteiger partial charge in [0.2, 0.25) is 0 Å². The summed E-state index contributed by atoms with van der Waals surface area (Å²) in [6, 6.07) is 17.2. The van der Waals surface area contributed by atoms with Gasteiger partial charge in [0.05, 0.1) is 39.8 Å². The summed E-state index contributed by atoms with van der Waals surface area (Å²) < 4.78 is 43.2. The van der Waals surface area contributed by atoms with Gasteiger partial charge in [-0.2, -0.15) is 4.36 Å². The first-order chi connectivity index (χ1) is 16.9. The summed E-state index contributed by atoms with van der Waals surface area (Å²) in [5.41, 5.74) is 2.68. The molecule has 3 aromatic carbocycles. The number of nitrogens with zero attached hydrogens (tertiary/aromatic N) is 3. The molecule has 35 heavy (non-hydrogen) atoms. The van der Waals surface area contributed by atoms with Crippen molar-refractivity contribution in [2.45, 2.75) is 24.3 Å². The van der Waals surface area contributed by atoms with Gasteiger partial charge in [-0.25, -0.2) is 18.6 Å². The molecule has 0 unspecified atom stereocenters. The van der Waals surface area contributed by atoms with Crippen molar-refractivity contribution in [3.63, 3.8) is 0 Å². The van der Waals surface area contributed by atoms with E-state index in [9.17, 15) is 8.60 Å². The van der Waals surface area contributed by atoms with Crippen LogP contribution in [0.15, 0.2) is 76.2 Å². The molecule has 0 amide bonds. The number of hydrogen-bond acceptors (Lipinski definition) is 7. The maximum Gasteiger partial charge on any atom is 0.146 e. The summed E-state index contributed by atoms with van der Waals surface area (Å²) in [5.74, 6) is 0.560. The maximum atomic E-state index is 14.0. The highest BCUT2D eigenvalue weighted by atomic mass is 32.2. The highest BCUT2D eigenvalue weighted by Crippen LogP contribution is 2.35. The second-order valence-electron chi connectivity index (χ2n) is 8.45. The van der Waals surface area contributed by atoms with E-state index in [2.05, 4.69) is 19.6 Å². The van der Waals surface area contributed by atoms with Crippen LogP contribution in [0.5, 0.6) is 5.75 Å². The third kappa shape index (κ3) is 5.11. The topological polar surface area (TPSA) is 85.7 Å². The number of ether oxygens (including phenoxy) is 2. The van der Waals surface area contributed by atoms with E-state index in [1.807, 2.05) is 43.3 Å². The van der Waals surface area contributed by atoms with Crippen molar-refractivity contribution in [2.24, 2.45) is 4.36 Å². The molecule has 4 aromatic rings. The molecule has 180 valence electrons. The van der Waals surface area contributed by atoms with Crippen LogP contribution in [0.3, 0.4) is 0 Å². The largest absolute Gasteiger partial charge is 0.486 e. The smallest absolute Gasteiger partial charge is 0.146 e. The summed E-state index contributed by atoms with van der Waals surface area (Å²) in [7, 11) is -2.63. The summed E-state index contributed by atoms with van der Waals surface area (Å²) >= 11 is 0. The third-order valence-corrected chi connectivity index (χ3v) is 7.46. The molecule has 0 aliphatic carbocycles. The first kappa shape index (κ1) is 23.2. The Labute approximate surface area is 203 Å². The number of rotatable bonds is 6. The number of aryl methyl sites for hydroxylation is 1. The summed E-state index contributed by atoms with van der Waals surface area (Å²) in [6.07, 6.45) is 3.70. The Balaban J connectivity index is 1.52. The maximum absolute atomic E-state index is 14.0. The molecular weight excluding hydrogens is 467 g/mol.